The van der Waals surface area contributed by atoms with E-state index in [9.17, 15) is 14.0 Å². The maximum absolute atomic E-state index is 13.6. The van der Waals surface area contributed by atoms with Gasteiger partial charge in [-0.2, -0.15) is 0 Å². The van der Waals surface area contributed by atoms with Crippen molar-refractivity contribution in [1.82, 2.24) is 4.90 Å². The monoisotopic (exact) mass is 446 g/mol. The summed E-state index contributed by atoms with van der Waals surface area (Å²) in [4.78, 5) is 30.0. The van der Waals surface area contributed by atoms with E-state index in [1.165, 1.54) is 31.3 Å². The highest BCUT2D eigenvalue weighted by Gasteiger charge is 2.41. The number of hydrogen-bond donors (Lipinski definition) is 0. The molecule has 0 atom stereocenters. The number of carbonyl (C=O) groups excluding carboxylic acids is 2. The van der Waals surface area contributed by atoms with E-state index >= 15 is 0 Å². The van der Waals surface area contributed by atoms with Gasteiger partial charge in [-0.05, 0) is 47.5 Å². The summed E-state index contributed by atoms with van der Waals surface area (Å²) in [5, 5.41) is 0. The first-order chi connectivity index (χ1) is 15.9. The topological polar surface area (TPSA) is 59.1 Å². The summed E-state index contributed by atoms with van der Waals surface area (Å²) in [5.74, 6) is -0.289. The van der Waals surface area contributed by atoms with Crippen molar-refractivity contribution in [1.29, 1.82) is 0 Å². The Labute approximate surface area is 191 Å². The first-order valence-corrected chi connectivity index (χ1v) is 10.3. The molecule has 0 fully saturated rings. The smallest absolute Gasteiger partial charge is 0.278 e. The summed E-state index contributed by atoms with van der Waals surface area (Å²) in [6.45, 7) is 0.0286. The van der Waals surface area contributed by atoms with Crippen molar-refractivity contribution in [3.63, 3.8) is 0 Å². The Morgan fingerprint density at radius 2 is 1.52 bits per heavy atom. The largest absolute Gasteiger partial charge is 0.493 e. The highest BCUT2D eigenvalue weighted by Crippen LogP contribution is 2.37. The highest BCUT2D eigenvalue weighted by atomic mass is 19.1. The molecule has 0 unspecified atom stereocenters. The molecule has 0 bridgehead atoms. The van der Waals surface area contributed by atoms with E-state index in [-0.39, 0.29) is 23.6 Å². The lowest BCUT2D eigenvalue weighted by Crippen LogP contribution is -2.33. The van der Waals surface area contributed by atoms with Gasteiger partial charge in [0.15, 0.2) is 11.5 Å². The van der Waals surface area contributed by atoms with Crippen molar-refractivity contribution in [2.75, 3.05) is 26.2 Å². The van der Waals surface area contributed by atoms with E-state index in [2.05, 4.69) is 0 Å². The minimum atomic E-state index is -0.436. The van der Waals surface area contributed by atoms with Gasteiger partial charge in [0.25, 0.3) is 11.8 Å². The number of benzene rings is 3. The Morgan fingerprint density at radius 1 is 0.848 bits per heavy atom. The van der Waals surface area contributed by atoms with Crippen LogP contribution in [0.25, 0.3) is 5.57 Å². The number of likely N-dealkylation sites (N-methyl/N-ethyl adjacent to an activating group) is 1. The summed E-state index contributed by atoms with van der Waals surface area (Å²) in [7, 11) is 4.79. The maximum Gasteiger partial charge on any atom is 0.278 e. The molecular formula is C26H23FN2O4. The van der Waals surface area contributed by atoms with Gasteiger partial charge >= 0.3 is 0 Å². The number of carbonyl (C=O) groups is 2. The number of imide groups is 1. The van der Waals surface area contributed by atoms with E-state index in [0.29, 0.717) is 22.6 Å². The zero-order valence-electron chi connectivity index (χ0n) is 18.5. The highest BCUT2D eigenvalue weighted by molar-refractivity contribution is 6.36. The average molecular weight is 446 g/mol. The van der Waals surface area contributed by atoms with Crippen molar-refractivity contribution in [3.8, 4) is 11.5 Å². The van der Waals surface area contributed by atoms with Gasteiger partial charge in [0.05, 0.1) is 26.3 Å². The van der Waals surface area contributed by atoms with Crippen LogP contribution in [0.4, 0.5) is 10.1 Å². The van der Waals surface area contributed by atoms with Crippen LogP contribution < -0.4 is 14.4 Å². The van der Waals surface area contributed by atoms with Crippen LogP contribution in [0.3, 0.4) is 0 Å². The number of anilines is 1. The first kappa shape index (κ1) is 22.1. The van der Waals surface area contributed by atoms with Crippen LogP contribution in [0.15, 0.2) is 78.5 Å². The van der Waals surface area contributed by atoms with Crippen LogP contribution in [-0.4, -0.2) is 38.0 Å². The van der Waals surface area contributed by atoms with Crippen LogP contribution in [0, 0.1) is 5.82 Å². The second-order valence-corrected chi connectivity index (χ2v) is 7.51. The second-order valence-electron chi connectivity index (χ2n) is 7.51. The molecule has 7 heteroatoms. The van der Waals surface area contributed by atoms with Gasteiger partial charge in [-0.1, -0.05) is 36.4 Å². The lowest BCUT2D eigenvalue weighted by molar-refractivity contribution is -0.137. The predicted octanol–water partition coefficient (Wildman–Crippen LogP) is 4.26. The summed E-state index contributed by atoms with van der Waals surface area (Å²) in [6.07, 6.45) is 0. The standard InChI is InChI=1S/C26H23FN2O4/c1-28(20-7-5-4-6-8-20)24-23(18-11-14-21(32-2)22(15-18)33-3)25(30)29(26(24)31)16-17-9-12-19(27)13-10-17/h4-15H,16H2,1-3H3. The van der Waals surface area contributed by atoms with Gasteiger partial charge in [0.2, 0.25) is 0 Å². The molecule has 33 heavy (non-hydrogen) atoms. The van der Waals surface area contributed by atoms with Gasteiger partial charge in [0, 0.05) is 12.7 Å². The summed E-state index contributed by atoms with van der Waals surface area (Å²) >= 11 is 0. The Hall–Kier alpha value is -4.13. The second kappa shape index (κ2) is 9.16. The lowest BCUT2D eigenvalue weighted by Gasteiger charge is -2.21. The molecule has 168 valence electrons. The molecule has 3 aromatic rings. The van der Waals surface area contributed by atoms with Gasteiger partial charge in [-0.3, -0.25) is 14.5 Å². The molecule has 0 spiro atoms. The molecule has 0 aromatic heterocycles. The summed E-state index contributed by atoms with van der Waals surface area (Å²) in [6, 6.07) is 20.2. The number of hydrogen-bond acceptors (Lipinski definition) is 5. The Balaban J connectivity index is 1.81. The summed E-state index contributed by atoms with van der Waals surface area (Å²) < 4.78 is 24.1. The third kappa shape index (κ3) is 4.17. The SMILES string of the molecule is COc1ccc(C2=C(N(C)c3ccccc3)C(=O)N(Cc3ccc(F)cc3)C2=O)cc1OC. The lowest BCUT2D eigenvalue weighted by atomic mass is 10.0. The Kier molecular flexibility index (Phi) is 6.13. The van der Waals surface area contributed by atoms with Gasteiger partial charge in [0.1, 0.15) is 11.5 Å². The fraction of sp³-hybridized carbons (Fsp3) is 0.154. The predicted molar refractivity (Wildman–Crippen MR) is 123 cm³/mol. The fourth-order valence-electron chi connectivity index (χ4n) is 3.82. The van der Waals surface area contributed by atoms with Crippen molar-refractivity contribution < 1.29 is 23.5 Å². The van der Waals surface area contributed by atoms with Crippen molar-refractivity contribution in [2.24, 2.45) is 0 Å². The molecule has 0 saturated carbocycles. The van der Waals surface area contributed by atoms with Crippen LogP contribution in [0.1, 0.15) is 11.1 Å². The van der Waals surface area contributed by atoms with Crippen molar-refractivity contribution in [2.45, 2.75) is 6.54 Å². The number of halogens is 1. The van der Waals surface area contributed by atoms with E-state index in [4.69, 9.17) is 9.47 Å². The quantitative estimate of drug-likeness (QED) is 0.508. The van der Waals surface area contributed by atoms with E-state index in [0.717, 1.165) is 5.69 Å². The number of para-hydroxylation sites is 1. The molecule has 0 saturated heterocycles. The zero-order chi connectivity index (χ0) is 23.5. The molecule has 3 aromatic carbocycles. The van der Waals surface area contributed by atoms with Gasteiger partial charge in [-0.25, -0.2) is 4.39 Å². The fourth-order valence-corrected chi connectivity index (χ4v) is 3.82. The molecule has 4 rings (SSSR count). The molecule has 0 N–H and O–H groups in total. The van der Waals surface area contributed by atoms with Gasteiger partial charge in [-0.15, -0.1) is 0 Å². The molecule has 0 aliphatic carbocycles. The minimum absolute atomic E-state index is 0.0286. The Morgan fingerprint density at radius 3 is 2.15 bits per heavy atom. The normalized spacial score (nSPS) is 13.5. The maximum atomic E-state index is 13.6. The number of methoxy groups -OCH3 is 2. The average Bonchev–Trinajstić information content (AvgIpc) is 3.09. The minimum Gasteiger partial charge on any atom is -0.493 e. The van der Waals surface area contributed by atoms with Crippen LogP contribution in [-0.2, 0) is 16.1 Å². The van der Waals surface area contributed by atoms with E-state index in [1.807, 2.05) is 30.3 Å². The third-order valence-electron chi connectivity index (χ3n) is 5.55. The van der Waals surface area contributed by atoms with Crippen molar-refractivity contribution >= 4 is 23.1 Å². The molecule has 6 nitrogen and oxygen atoms in total. The molecule has 1 heterocycles. The van der Waals surface area contributed by atoms with Crippen LogP contribution >= 0.6 is 0 Å². The number of amides is 2. The summed E-state index contributed by atoms with van der Waals surface area (Å²) in [5.41, 5.74) is 2.45. The molecule has 0 radical (unpaired) electrons. The molecule has 1 aliphatic rings. The van der Waals surface area contributed by atoms with E-state index < -0.39 is 11.8 Å². The molecule has 1 aliphatic heterocycles. The van der Waals surface area contributed by atoms with Gasteiger partial charge < -0.3 is 14.4 Å². The zero-order valence-corrected chi connectivity index (χ0v) is 18.5. The molecular weight excluding hydrogens is 423 g/mol. The van der Waals surface area contributed by atoms with Crippen LogP contribution in [0.5, 0.6) is 11.5 Å². The van der Waals surface area contributed by atoms with Crippen LogP contribution in [0.2, 0.25) is 0 Å². The third-order valence-corrected chi connectivity index (χ3v) is 5.55. The first-order valence-electron chi connectivity index (χ1n) is 10.3. The molecule has 2 amide bonds. The Bertz CT molecular complexity index is 1220. The van der Waals surface area contributed by atoms with E-state index in [1.54, 1.807) is 42.3 Å². The number of nitrogens with zero attached hydrogens (tertiary/aromatic N) is 2. The number of rotatable bonds is 7. The number of ether oxygens (including phenoxy) is 2. The van der Waals surface area contributed by atoms with Crippen molar-refractivity contribution in [3.05, 3.63) is 95.4 Å².